The smallest absolute Gasteiger partial charge is 0.273 e. The highest BCUT2D eigenvalue weighted by atomic mass is 19.4. The van der Waals surface area contributed by atoms with Gasteiger partial charge in [0, 0.05) is 6.42 Å². The summed E-state index contributed by atoms with van der Waals surface area (Å²) in [4.78, 5) is 24.9. The van der Waals surface area contributed by atoms with E-state index in [4.69, 9.17) is 0 Å². The Hall–Kier alpha value is -2.12. The van der Waals surface area contributed by atoms with Gasteiger partial charge in [0.1, 0.15) is 5.82 Å². The van der Waals surface area contributed by atoms with E-state index in [0.717, 1.165) is 31.4 Å². The number of rotatable bonds is 1. The molecule has 24 heavy (non-hydrogen) atoms. The lowest BCUT2D eigenvalue weighted by Gasteiger charge is -2.43. The molecular weight excluding hydrogens is 328 g/mol. The molecule has 1 aliphatic carbocycles. The summed E-state index contributed by atoms with van der Waals surface area (Å²) in [5.41, 5.74) is -0.589. The van der Waals surface area contributed by atoms with Gasteiger partial charge in [-0.05, 0) is 31.0 Å². The second kappa shape index (κ2) is 5.75. The number of nitrogens with one attached hydrogen (secondary N) is 1. The maximum Gasteiger partial charge on any atom is 0.418 e. The normalized spacial score (nSPS) is 21.1. The van der Waals surface area contributed by atoms with Gasteiger partial charge in [-0.2, -0.15) is 13.2 Å². The number of hydrazine groups is 1. The molecule has 1 heterocycles. The van der Waals surface area contributed by atoms with Crippen molar-refractivity contribution in [3.63, 3.8) is 0 Å². The summed E-state index contributed by atoms with van der Waals surface area (Å²) in [6.45, 7) is 0. The molecule has 2 aliphatic rings. The quantitative estimate of drug-likeness (QED) is 0.792. The van der Waals surface area contributed by atoms with Crippen LogP contribution < -0.4 is 10.4 Å². The Morgan fingerprint density at radius 1 is 1.08 bits per heavy atom. The van der Waals surface area contributed by atoms with Crippen molar-refractivity contribution in [1.82, 2.24) is 5.43 Å². The molecule has 2 fully saturated rings. The van der Waals surface area contributed by atoms with E-state index in [1.54, 1.807) is 0 Å². The van der Waals surface area contributed by atoms with Crippen molar-refractivity contribution >= 4 is 17.5 Å². The summed E-state index contributed by atoms with van der Waals surface area (Å²) < 4.78 is 52.9. The van der Waals surface area contributed by atoms with Crippen molar-refractivity contribution < 1.29 is 27.2 Å². The van der Waals surface area contributed by atoms with E-state index in [0.29, 0.717) is 23.9 Å². The lowest BCUT2D eigenvalue weighted by atomic mass is 9.70. The molecule has 8 heteroatoms. The number of nitrogens with zero attached hydrogens (tertiary/aromatic N) is 1. The van der Waals surface area contributed by atoms with Gasteiger partial charge in [0.25, 0.3) is 5.91 Å². The van der Waals surface area contributed by atoms with E-state index >= 15 is 0 Å². The third-order valence-corrected chi connectivity index (χ3v) is 4.71. The van der Waals surface area contributed by atoms with Gasteiger partial charge in [-0.1, -0.05) is 19.3 Å². The average molecular weight is 344 g/mol. The molecule has 1 saturated heterocycles. The molecule has 3 rings (SSSR count). The van der Waals surface area contributed by atoms with Crippen LogP contribution in [0.1, 0.15) is 44.1 Å². The van der Waals surface area contributed by atoms with Gasteiger partial charge in [0.15, 0.2) is 0 Å². The third kappa shape index (κ3) is 2.85. The van der Waals surface area contributed by atoms with Gasteiger partial charge in [-0.15, -0.1) is 0 Å². The monoisotopic (exact) mass is 344 g/mol. The molecule has 0 atom stereocenters. The zero-order valence-electron chi connectivity index (χ0n) is 12.8. The summed E-state index contributed by atoms with van der Waals surface area (Å²) in [6.07, 6.45) is -1.49. The summed E-state index contributed by atoms with van der Waals surface area (Å²) in [5.74, 6) is -2.12. The lowest BCUT2D eigenvalue weighted by molar-refractivity contribution is -0.144. The number of anilines is 1. The van der Waals surface area contributed by atoms with Crippen LogP contribution in [0.2, 0.25) is 0 Å². The number of amides is 2. The molecule has 0 aromatic heterocycles. The second-order valence-electron chi connectivity index (χ2n) is 6.35. The number of halogens is 4. The fraction of sp³-hybridized carbons (Fsp3) is 0.500. The Bertz CT molecular complexity index is 681. The lowest BCUT2D eigenvalue weighted by Crippen LogP contribution is -2.60. The zero-order chi connectivity index (χ0) is 17.5. The Kier molecular flexibility index (Phi) is 4.01. The molecular formula is C16H16F4N2O2. The van der Waals surface area contributed by atoms with Crippen LogP contribution in [0, 0.1) is 11.2 Å². The van der Waals surface area contributed by atoms with Crippen molar-refractivity contribution in [2.75, 3.05) is 5.01 Å². The van der Waals surface area contributed by atoms with Gasteiger partial charge in [0.05, 0.1) is 16.7 Å². The minimum atomic E-state index is -4.85. The van der Waals surface area contributed by atoms with E-state index in [9.17, 15) is 27.2 Å². The SMILES string of the molecule is O=C1CC2(CCCCC2)C(=O)N(c2ccc(F)cc2C(F)(F)F)N1. The highest BCUT2D eigenvalue weighted by Crippen LogP contribution is 2.45. The Morgan fingerprint density at radius 3 is 2.38 bits per heavy atom. The van der Waals surface area contributed by atoms with Gasteiger partial charge < -0.3 is 0 Å². The molecule has 1 aromatic carbocycles. The van der Waals surface area contributed by atoms with Crippen LogP contribution in [0.5, 0.6) is 0 Å². The van der Waals surface area contributed by atoms with E-state index in [2.05, 4.69) is 5.43 Å². The van der Waals surface area contributed by atoms with Crippen molar-refractivity contribution in [2.24, 2.45) is 5.41 Å². The predicted molar refractivity (Wildman–Crippen MR) is 77.2 cm³/mol. The molecule has 1 N–H and O–H groups in total. The van der Waals surface area contributed by atoms with Crippen molar-refractivity contribution in [3.05, 3.63) is 29.6 Å². The minimum absolute atomic E-state index is 0.0229. The molecule has 2 amide bonds. The first-order valence-electron chi connectivity index (χ1n) is 7.74. The first-order chi connectivity index (χ1) is 11.2. The van der Waals surface area contributed by atoms with Gasteiger partial charge in [-0.3, -0.25) is 15.0 Å². The number of carbonyl (C=O) groups excluding carboxylic acids is 2. The highest BCUT2D eigenvalue weighted by Gasteiger charge is 2.49. The molecule has 1 saturated carbocycles. The topological polar surface area (TPSA) is 49.4 Å². The van der Waals surface area contributed by atoms with Crippen LogP contribution >= 0.6 is 0 Å². The Labute approximate surface area is 135 Å². The van der Waals surface area contributed by atoms with Crippen molar-refractivity contribution in [2.45, 2.75) is 44.7 Å². The molecule has 0 radical (unpaired) electrons. The second-order valence-corrected chi connectivity index (χ2v) is 6.35. The molecule has 130 valence electrons. The summed E-state index contributed by atoms with van der Waals surface area (Å²) in [5, 5.41) is 0.652. The van der Waals surface area contributed by atoms with Crippen molar-refractivity contribution in [1.29, 1.82) is 0 Å². The fourth-order valence-corrected chi connectivity index (χ4v) is 3.55. The molecule has 1 aromatic rings. The van der Waals surface area contributed by atoms with Crippen molar-refractivity contribution in [3.8, 4) is 0 Å². The fourth-order valence-electron chi connectivity index (χ4n) is 3.55. The number of hydrogen-bond donors (Lipinski definition) is 1. The van der Waals surface area contributed by atoms with Crippen LogP contribution in [0.15, 0.2) is 18.2 Å². The summed E-state index contributed by atoms with van der Waals surface area (Å²) in [6, 6.07) is 2.04. The van der Waals surface area contributed by atoms with Crippen LogP contribution in [0.25, 0.3) is 0 Å². The largest absolute Gasteiger partial charge is 0.418 e. The number of benzene rings is 1. The number of alkyl halides is 3. The van der Waals surface area contributed by atoms with Gasteiger partial charge in [0.2, 0.25) is 5.91 Å². The van der Waals surface area contributed by atoms with E-state index in [1.807, 2.05) is 0 Å². The molecule has 0 unspecified atom stereocenters. The molecule has 4 nitrogen and oxygen atoms in total. The maximum absolute atomic E-state index is 13.3. The van der Waals surface area contributed by atoms with Crippen LogP contribution in [-0.4, -0.2) is 11.8 Å². The molecule has 1 aliphatic heterocycles. The summed E-state index contributed by atoms with van der Waals surface area (Å²) >= 11 is 0. The maximum atomic E-state index is 13.3. The first-order valence-corrected chi connectivity index (χ1v) is 7.74. The molecule has 0 bridgehead atoms. The van der Waals surface area contributed by atoms with Crippen LogP contribution in [0.4, 0.5) is 23.2 Å². The number of hydrogen-bond acceptors (Lipinski definition) is 2. The summed E-state index contributed by atoms with van der Waals surface area (Å²) in [7, 11) is 0. The predicted octanol–water partition coefficient (Wildman–Crippen LogP) is 3.56. The average Bonchev–Trinajstić information content (AvgIpc) is 2.51. The third-order valence-electron chi connectivity index (χ3n) is 4.71. The van der Waals surface area contributed by atoms with E-state index < -0.39 is 40.5 Å². The van der Waals surface area contributed by atoms with Crippen LogP contribution in [0.3, 0.4) is 0 Å². The van der Waals surface area contributed by atoms with Gasteiger partial charge >= 0.3 is 6.18 Å². The standard InChI is InChI=1S/C16H16F4N2O2/c17-10-4-5-12(11(8-10)16(18,19)20)22-14(24)15(9-13(23)21-22)6-2-1-3-7-15/h4-5,8H,1-3,6-7,9H2,(H,21,23). The first kappa shape index (κ1) is 16.7. The zero-order valence-corrected chi connectivity index (χ0v) is 12.8. The Morgan fingerprint density at radius 2 is 1.75 bits per heavy atom. The molecule has 1 spiro atoms. The number of carbonyl (C=O) groups is 2. The van der Waals surface area contributed by atoms with E-state index in [-0.39, 0.29) is 6.42 Å². The van der Waals surface area contributed by atoms with Gasteiger partial charge in [-0.25, -0.2) is 9.40 Å². The minimum Gasteiger partial charge on any atom is -0.273 e. The van der Waals surface area contributed by atoms with Crippen LogP contribution in [-0.2, 0) is 15.8 Å². The highest BCUT2D eigenvalue weighted by molar-refractivity contribution is 6.05. The van der Waals surface area contributed by atoms with E-state index in [1.165, 1.54) is 0 Å². The Balaban J connectivity index is 2.05.